The number of phenols is 1. The highest BCUT2D eigenvalue weighted by atomic mass is 19.1. The average Bonchev–Trinajstić information content (AvgIpc) is 3.71. The van der Waals surface area contributed by atoms with Gasteiger partial charge in [-0.05, 0) is 67.8 Å². The number of hydrogen-bond acceptors (Lipinski definition) is 9. The smallest absolute Gasteiger partial charge is 0.319 e. The first kappa shape index (κ1) is 29.9. The second-order valence-electron chi connectivity index (χ2n) is 14.0. The van der Waals surface area contributed by atoms with Gasteiger partial charge < -0.3 is 24.8 Å². The van der Waals surface area contributed by atoms with Crippen LogP contribution in [-0.2, 0) is 0 Å². The fourth-order valence-electron chi connectivity index (χ4n) is 8.94. The highest BCUT2D eigenvalue weighted by molar-refractivity contribution is 6.06. The monoisotopic (exact) mass is 658 g/mol. The Balaban J connectivity index is 1.25. The SMILES string of the molecule is C=C(CC)c1c(F)ccc2cc(O)cc(-c3nc4c5c(nc(OC[C@@]67CCCN6C[C@@H](F)C7)nc5c3F)N3C[C@@H]5CC[C@@H](N5)[C@@H]3CO4)c12. The molecule has 12 heteroatoms. The van der Waals surface area contributed by atoms with E-state index in [2.05, 4.69) is 26.7 Å². The average molecular weight is 659 g/mol. The summed E-state index contributed by atoms with van der Waals surface area (Å²) in [5.41, 5.74) is 0.346. The number of aromatic nitrogens is 3. The molecule has 9 nitrogen and oxygen atoms in total. The third-order valence-corrected chi connectivity index (χ3v) is 11.3. The van der Waals surface area contributed by atoms with E-state index in [1.165, 1.54) is 18.2 Å². The maximum absolute atomic E-state index is 17.2. The van der Waals surface area contributed by atoms with Crippen molar-refractivity contribution >= 4 is 33.1 Å². The molecule has 48 heavy (non-hydrogen) atoms. The van der Waals surface area contributed by atoms with Crippen LogP contribution >= 0.6 is 0 Å². The number of halogens is 3. The molecule has 0 aliphatic carbocycles. The number of aromatic hydroxyl groups is 1. The van der Waals surface area contributed by atoms with Crippen molar-refractivity contribution in [2.24, 2.45) is 0 Å². The summed E-state index contributed by atoms with van der Waals surface area (Å²) >= 11 is 0. The highest BCUT2D eigenvalue weighted by Gasteiger charge is 2.50. The molecule has 4 fully saturated rings. The van der Waals surface area contributed by atoms with Crippen LogP contribution in [0.5, 0.6) is 17.6 Å². The first-order valence-corrected chi connectivity index (χ1v) is 17.0. The minimum Gasteiger partial charge on any atom is -0.508 e. The molecule has 2 aromatic carbocycles. The lowest BCUT2D eigenvalue weighted by Gasteiger charge is -2.40. The van der Waals surface area contributed by atoms with Gasteiger partial charge in [-0.25, -0.2) is 18.2 Å². The third kappa shape index (κ3) is 4.48. The van der Waals surface area contributed by atoms with Crippen LogP contribution in [0.2, 0.25) is 0 Å². The molecule has 0 unspecified atom stereocenters. The summed E-state index contributed by atoms with van der Waals surface area (Å²) in [5, 5.41) is 15.7. The first-order chi connectivity index (χ1) is 23.2. The highest BCUT2D eigenvalue weighted by Crippen LogP contribution is 2.46. The lowest BCUT2D eigenvalue weighted by atomic mass is 9.91. The van der Waals surface area contributed by atoms with E-state index < -0.39 is 23.3 Å². The third-order valence-electron chi connectivity index (χ3n) is 11.3. The minimum atomic E-state index is -0.922. The van der Waals surface area contributed by atoms with Gasteiger partial charge in [-0.2, -0.15) is 9.97 Å². The van der Waals surface area contributed by atoms with Crippen molar-refractivity contribution in [3.8, 4) is 28.9 Å². The Labute approximate surface area is 275 Å². The topological polar surface area (TPSA) is 95.9 Å². The normalized spacial score (nSPS) is 27.6. The minimum absolute atomic E-state index is 0.00132. The lowest BCUT2D eigenvalue weighted by Crippen LogP contribution is -2.60. The second kappa shape index (κ2) is 10.9. The molecule has 0 spiro atoms. The number of phenolic OH excluding ortho intramolecular Hbond substituents is 1. The van der Waals surface area contributed by atoms with E-state index in [0.717, 1.165) is 32.2 Å². The fourth-order valence-corrected chi connectivity index (χ4v) is 8.94. The zero-order chi connectivity index (χ0) is 32.9. The maximum atomic E-state index is 17.2. The van der Waals surface area contributed by atoms with Crippen molar-refractivity contribution < 1.29 is 27.8 Å². The zero-order valence-electron chi connectivity index (χ0n) is 26.7. The predicted molar refractivity (Wildman–Crippen MR) is 176 cm³/mol. The number of allylic oxidation sites excluding steroid dienone is 1. The lowest BCUT2D eigenvalue weighted by molar-refractivity contribution is 0.107. The number of pyridine rings is 1. The van der Waals surface area contributed by atoms with Gasteiger partial charge >= 0.3 is 6.01 Å². The van der Waals surface area contributed by atoms with Gasteiger partial charge in [0.25, 0.3) is 0 Å². The molecule has 5 atom stereocenters. The number of ether oxygens (including phenoxy) is 2. The van der Waals surface area contributed by atoms with Gasteiger partial charge in [0.1, 0.15) is 53.4 Å². The molecule has 2 aromatic heterocycles. The van der Waals surface area contributed by atoms with E-state index >= 15 is 8.78 Å². The van der Waals surface area contributed by atoms with Gasteiger partial charge in [-0.1, -0.05) is 19.6 Å². The summed E-state index contributed by atoms with van der Waals surface area (Å²) in [6.07, 6.45) is 3.68. The number of anilines is 1. The van der Waals surface area contributed by atoms with Gasteiger partial charge in [-0.3, -0.25) is 4.90 Å². The number of nitrogens with zero attached hydrogens (tertiary/aromatic N) is 5. The van der Waals surface area contributed by atoms with E-state index in [9.17, 15) is 9.50 Å². The van der Waals surface area contributed by atoms with Gasteiger partial charge in [0, 0.05) is 48.1 Å². The number of piperazine rings is 1. The first-order valence-electron chi connectivity index (χ1n) is 17.0. The number of hydrogen-bond donors (Lipinski definition) is 2. The van der Waals surface area contributed by atoms with Crippen LogP contribution in [0.15, 0.2) is 30.8 Å². The summed E-state index contributed by atoms with van der Waals surface area (Å²) in [6.45, 7) is 8.28. The van der Waals surface area contributed by atoms with Crippen LogP contribution in [0.1, 0.15) is 51.0 Å². The molecule has 0 amide bonds. The van der Waals surface area contributed by atoms with Gasteiger partial charge in [0.15, 0.2) is 5.82 Å². The molecule has 4 aromatic rings. The van der Waals surface area contributed by atoms with Gasteiger partial charge in [0.2, 0.25) is 5.88 Å². The summed E-state index contributed by atoms with van der Waals surface area (Å²) in [5.74, 6) is -0.740. The molecule has 0 saturated carbocycles. The Bertz CT molecular complexity index is 2010. The Hall–Kier alpha value is -4.16. The molecule has 5 aliphatic heterocycles. The van der Waals surface area contributed by atoms with Gasteiger partial charge in [-0.15, -0.1) is 0 Å². The number of fused-ring (bicyclic) bond motifs is 7. The largest absolute Gasteiger partial charge is 0.508 e. The molecule has 2 bridgehead atoms. The fraction of sp³-hybridized carbons (Fsp3) is 0.472. The molecule has 7 heterocycles. The molecular formula is C36H37F3N6O3. The molecule has 2 N–H and O–H groups in total. The van der Waals surface area contributed by atoms with Crippen LogP contribution in [0.4, 0.5) is 19.0 Å². The molecule has 5 aliphatic rings. The molecule has 0 radical (unpaired) electrons. The number of alkyl halides is 1. The van der Waals surface area contributed by atoms with Crippen molar-refractivity contribution in [3.63, 3.8) is 0 Å². The molecule has 250 valence electrons. The van der Waals surface area contributed by atoms with E-state index in [-0.39, 0.29) is 71.3 Å². The molecular weight excluding hydrogens is 621 g/mol. The van der Waals surface area contributed by atoms with E-state index in [1.54, 1.807) is 6.07 Å². The summed E-state index contributed by atoms with van der Waals surface area (Å²) < 4.78 is 59.9. The van der Waals surface area contributed by atoms with Crippen molar-refractivity contribution in [1.82, 2.24) is 25.2 Å². The van der Waals surface area contributed by atoms with E-state index in [4.69, 9.17) is 19.4 Å². The van der Waals surface area contributed by atoms with Crippen LogP contribution in [0, 0.1) is 11.6 Å². The number of benzene rings is 2. The Morgan fingerprint density at radius 2 is 2.04 bits per heavy atom. The Kier molecular flexibility index (Phi) is 6.82. The standard InChI is InChI=1S/C36H37F3N6O3/c1-3-18(2)27-24(38)7-5-19-11-22(46)12-23(28(19)27)31-30(39)32-29-33(45-15-21-6-8-25(40-21)26(45)16-47-34(29)41-31)43-35(42-32)48-17-36-9-4-10-44(36)14-20(37)13-36/h5,7,11-12,20-21,25-26,40,46H,2-4,6,8-10,13-17H2,1H3/t20-,21-,25+,26-,36-/m0/s1. The van der Waals surface area contributed by atoms with Crippen LogP contribution < -0.4 is 19.7 Å². The zero-order valence-corrected chi connectivity index (χ0v) is 26.7. The summed E-state index contributed by atoms with van der Waals surface area (Å²) in [6, 6.07) is 6.10. The molecule has 9 rings (SSSR count). The summed E-state index contributed by atoms with van der Waals surface area (Å²) in [7, 11) is 0. The van der Waals surface area contributed by atoms with E-state index in [1.807, 2.05) is 6.92 Å². The number of nitrogens with one attached hydrogen (secondary N) is 1. The quantitative estimate of drug-likeness (QED) is 0.262. The second-order valence-corrected chi connectivity index (χ2v) is 14.0. The van der Waals surface area contributed by atoms with Crippen molar-refractivity contribution in [2.45, 2.75) is 75.3 Å². The van der Waals surface area contributed by atoms with Crippen LogP contribution in [0.3, 0.4) is 0 Å². The maximum Gasteiger partial charge on any atom is 0.319 e. The predicted octanol–water partition coefficient (Wildman–Crippen LogP) is 5.91. The van der Waals surface area contributed by atoms with Crippen molar-refractivity contribution in [3.05, 3.63) is 48.0 Å². The van der Waals surface area contributed by atoms with Crippen molar-refractivity contribution in [1.29, 1.82) is 0 Å². The Morgan fingerprint density at radius 3 is 2.90 bits per heavy atom. The van der Waals surface area contributed by atoms with Crippen LogP contribution in [-0.4, -0.2) is 87.6 Å². The molecule has 4 saturated heterocycles. The Morgan fingerprint density at radius 1 is 1.17 bits per heavy atom. The van der Waals surface area contributed by atoms with Crippen molar-refractivity contribution in [2.75, 3.05) is 37.7 Å². The van der Waals surface area contributed by atoms with Crippen LogP contribution in [0.25, 0.3) is 38.5 Å². The summed E-state index contributed by atoms with van der Waals surface area (Å²) in [4.78, 5) is 18.6. The van der Waals surface area contributed by atoms with Gasteiger partial charge in [0.05, 0.1) is 11.6 Å². The number of rotatable bonds is 6. The van der Waals surface area contributed by atoms with E-state index in [0.29, 0.717) is 53.5 Å².